The predicted octanol–water partition coefficient (Wildman–Crippen LogP) is 2.12. The summed E-state index contributed by atoms with van der Waals surface area (Å²) in [5.74, 6) is 2.04. The van der Waals surface area contributed by atoms with Crippen LogP contribution in [-0.4, -0.2) is 38.9 Å². The van der Waals surface area contributed by atoms with Gasteiger partial charge in [-0.05, 0) is 37.1 Å². The van der Waals surface area contributed by atoms with Crippen LogP contribution in [0.3, 0.4) is 0 Å². The highest BCUT2D eigenvalue weighted by Gasteiger charge is 2.21. The molecule has 1 saturated heterocycles. The summed E-state index contributed by atoms with van der Waals surface area (Å²) < 4.78 is 2.17. The van der Waals surface area contributed by atoms with Crippen LogP contribution < -0.4 is 10.2 Å². The Labute approximate surface area is 141 Å². The fraction of sp³-hybridized carbons (Fsp3) is 0.389. The van der Waals surface area contributed by atoms with Gasteiger partial charge in [0, 0.05) is 32.4 Å². The van der Waals surface area contributed by atoms with Crippen molar-refractivity contribution in [3.8, 4) is 0 Å². The number of aryl methyl sites for hydroxylation is 1. The number of benzene rings is 1. The van der Waals surface area contributed by atoms with Gasteiger partial charge in [-0.3, -0.25) is 0 Å². The summed E-state index contributed by atoms with van der Waals surface area (Å²) in [6, 6.07) is 12.7. The Balaban J connectivity index is 1.42. The first kappa shape index (κ1) is 15.1. The van der Waals surface area contributed by atoms with Crippen LogP contribution in [0, 0.1) is 0 Å². The molecule has 3 aromatic rings. The Morgan fingerprint density at radius 3 is 2.96 bits per heavy atom. The van der Waals surface area contributed by atoms with E-state index in [2.05, 4.69) is 50.2 Å². The molecule has 1 aliphatic rings. The second-order valence-corrected chi connectivity index (χ2v) is 6.32. The van der Waals surface area contributed by atoms with Crippen LogP contribution in [0.5, 0.6) is 0 Å². The summed E-state index contributed by atoms with van der Waals surface area (Å²) in [5.41, 5.74) is 2.24. The van der Waals surface area contributed by atoms with Gasteiger partial charge in [-0.1, -0.05) is 12.1 Å². The van der Waals surface area contributed by atoms with Crippen LogP contribution in [0.25, 0.3) is 11.0 Å². The van der Waals surface area contributed by atoms with Gasteiger partial charge < -0.3 is 14.8 Å². The maximum Gasteiger partial charge on any atom is 0.151 e. The number of nitrogens with one attached hydrogen (secondary N) is 1. The van der Waals surface area contributed by atoms with Crippen LogP contribution in [0.4, 0.5) is 5.82 Å². The van der Waals surface area contributed by atoms with Crippen molar-refractivity contribution in [1.29, 1.82) is 0 Å². The molecule has 3 heterocycles. The number of nitrogens with zero attached hydrogens (tertiary/aromatic N) is 5. The maximum absolute atomic E-state index is 4.74. The van der Waals surface area contributed by atoms with Crippen molar-refractivity contribution in [2.45, 2.75) is 25.4 Å². The van der Waals surface area contributed by atoms with Crippen LogP contribution >= 0.6 is 0 Å². The molecule has 1 N–H and O–H groups in total. The minimum Gasteiger partial charge on any atom is -0.354 e. The van der Waals surface area contributed by atoms with E-state index < -0.39 is 0 Å². The van der Waals surface area contributed by atoms with Gasteiger partial charge in [0.05, 0.1) is 17.6 Å². The van der Waals surface area contributed by atoms with E-state index in [9.17, 15) is 0 Å². The zero-order valence-electron chi connectivity index (χ0n) is 13.9. The lowest BCUT2D eigenvalue weighted by Gasteiger charge is -2.33. The first-order valence-corrected chi connectivity index (χ1v) is 8.47. The van der Waals surface area contributed by atoms with Gasteiger partial charge in [0.2, 0.25) is 0 Å². The molecule has 0 unspecified atom stereocenters. The Hall–Kier alpha value is -2.47. The molecular weight excluding hydrogens is 300 g/mol. The number of aromatic nitrogens is 4. The second kappa shape index (κ2) is 6.57. The van der Waals surface area contributed by atoms with Gasteiger partial charge in [0.1, 0.15) is 5.82 Å². The zero-order chi connectivity index (χ0) is 16.4. The van der Waals surface area contributed by atoms with Crippen molar-refractivity contribution in [2.75, 3.05) is 18.0 Å². The normalized spacial score (nSPS) is 18.2. The minimum atomic E-state index is 0.445. The average molecular weight is 322 g/mol. The minimum absolute atomic E-state index is 0.445. The molecule has 1 atom stereocenters. The van der Waals surface area contributed by atoms with Crippen LogP contribution in [0.15, 0.2) is 42.6 Å². The third kappa shape index (κ3) is 2.97. The van der Waals surface area contributed by atoms with Crippen molar-refractivity contribution in [2.24, 2.45) is 7.05 Å². The quantitative estimate of drug-likeness (QED) is 0.797. The highest BCUT2D eigenvalue weighted by atomic mass is 15.3. The van der Waals surface area contributed by atoms with Gasteiger partial charge in [-0.25, -0.2) is 4.98 Å². The summed E-state index contributed by atoms with van der Waals surface area (Å²) in [6.07, 6.45) is 4.06. The summed E-state index contributed by atoms with van der Waals surface area (Å²) in [5, 5.41) is 11.9. The highest BCUT2D eigenvalue weighted by molar-refractivity contribution is 5.75. The molecule has 0 spiro atoms. The number of hydrogen-bond donors (Lipinski definition) is 1. The number of hydrogen-bond acceptors (Lipinski definition) is 5. The van der Waals surface area contributed by atoms with Crippen LogP contribution in [0.1, 0.15) is 18.7 Å². The van der Waals surface area contributed by atoms with E-state index in [-0.39, 0.29) is 0 Å². The number of imidazole rings is 1. The lowest BCUT2D eigenvalue weighted by atomic mass is 10.1. The maximum atomic E-state index is 4.74. The Morgan fingerprint density at radius 2 is 2.12 bits per heavy atom. The van der Waals surface area contributed by atoms with E-state index in [1.807, 2.05) is 18.2 Å². The largest absolute Gasteiger partial charge is 0.354 e. The van der Waals surface area contributed by atoms with Crippen LogP contribution in [0.2, 0.25) is 0 Å². The van der Waals surface area contributed by atoms with Gasteiger partial charge in [0.25, 0.3) is 0 Å². The highest BCUT2D eigenvalue weighted by Crippen LogP contribution is 2.18. The number of piperidine rings is 1. The lowest BCUT2D eigenvalue weighted by Crippen LogP contribution is -2.46. The van der Waals surface area contributed by atoms with Gasteiger partial charge in [-0.2, -0.15) is 5.10 Å². The first-order chi connectivity index (χ1) is 11.8. The number of para-hydroxylation sites is 2. The molecule has 1 aromatic carbocycles. The van der Waals surface area contributed by atoms with E-state index in [0.29, 0.717) is 6.04 Å². The number of fused-ring (bicyclic) bond motifs is 1. The molecule has 0 amide bonds. The van der Waals surface area contributed by atoms with Crippen molar-refractivity contribution in [3.63, 3.8) is 0 Å². The summed E-state index contributed by atoms with van der Waals surface area (Å²) in [6.45, 7) is 2.79. The van der Waals surface area contributed by atoms with Gasteiger partial charge in [-0.15, -0.1) is 5.10 Å². The standard InChI is InChI=1S/C18H22N6/c1-23-16-8-3-2-7-15(16)21-18(23)12-19-14-6-5-11-24(13-14)17-9-4-10-20-22-17/h2-4,7-10,14,19H,5-6,11-13H2,1H3/t14-/m0/s1. The molecule has 24 heavy (non-hydrogen) atoms. The van der Waals surface area contributed by atoms with E-state index in [0.717, 1.165) is 43.2 Å². The third-order valence-electron chi connectivity index (χ3n) is 4.73. The molecule has 0 aliphatic carbocycles. The van der Waals surface area contributed by atoms with Gasteiger partial charge in [0.15, 0.2) is 5.82 Å². The molecule has 124 valence electrons. The fourth-order valence-corrected chi connectivity index (χ4v) is 3.40. The topological polar surface area (TPSA) is 58.9 Å². The summed E-state index contributed by atoms with van der Waals surface area (Å²) in [4.78, 5) is 7.05. The predicted molar refractivity (Wildman–Crippen MR) is 94.8 cm³/mol. The lowest BCUT2D eigenvalue weighted by molar-refractivity contribution is 0.413. The van der Waals surface area contributed by atoms with Crippen molar-refractivity contribution in [1.82, 2.24) is 25.1 Å². The Kier molecular flexibility index (Phi) is 4.13. The van der Waals surface area contributed by atoms with Crippen molar-refractivity contribution in [3.05, 3.63) is 48.4 Å². The summed E-state index contributed by atoms with van der Waals surface area (Å²) >= 11 is 0. The van der Waals surface area contributed by atoms with E-state index in [4.69, 9.17) is 4.98 Å². The van der Waals surface area contributed by atoms with E-state index in [1.54, 1.807) is 6.20 Å². The SMILES string of the molecule is Cn1c(CN[C@H]2CCCN(c3cccnn3)C2)nc2ccccc21. The van der Waals surface area contributed by atoms with E-state index >= 15 is 0 Å². The molecule has 0 bridgehead atoms. The molecule has 1 fully saturated rings. The molecule has 0 radical (unpaired) electrons. The molecule has 1 aliphatic heterocycles. The molecule has 6 nitrogen and oxygen atoms in total. The van der Waals surface area contributed by atoms with Gasteiger partial charge >= 0.3 is 0 Å². The Bertz CT molecular complexity index is 813. The zero-order valence-corrected chi connectivity index (χ0v) is 13.9. The smallest absolute Gasteiger partial charge is 0.151 e. The monoisotopic (exact) mass is 322 g/mol. The van der Waals surface area contributed by atoms with Crippen molar-refractivity contribution < 1.29 is 0 Å². The first-order valence-electron chi connectivity index (χ1n) is 8.47. The molecule has 6 heteroatoms. The molecule has 2 aromatic heterocycles. The van der Waals surface area contributed by atoms with Crippen LogP contribution in [-0.2, 0) is 13.6 Å². The van der Waals surface area contributed by atoms with Crippen molar-refractivity contribution >= 4 is 16.9 Å². The molecule has 4 rings (SSSR count). The second-order valence-electron chi connectivity index (χ2n) is 6.32. The van der Waals surface area contributed by atoms with E-state index in [1.165, 1.54) is 11.9 Å². The average Bonchev–Trinajstić information content (AvgIpc) is 2.97. The Morgan fingerprint density at radius 1 is 1.21 bits per heavy atom. The fourth-order valence-electron chi connectivity index (χ4n) is 3.40. The molecule has 0 saturated carbocycles. The number of anilines is 1. The third-order valence-corrected chi connectivity index (χ3v) is 4.73. The summed E-state index contributed by atoms with van der Waals surface area (Å²) in [7, 11) is 2.08. The molecular formula is C18H22N6. The number of rotatable bonds is 4.